The van der Waals surface area contributed by atoms with E-state index in [1.807, 2.05) is 51.1 Å². The van der Waals surface area contributed by atoms with Gasteiger partial charge in [-0.3, -0.25) is 4.90 Å². The quantitative estimate of drug-likeness (QED) is 0.883. The fourth-order valence-corrected chi connectivity index (χ4v) is 3.02. The van der Waals surface area contributed by atoms with Gasteiger partial charge in [-0.25, -0.2) is 9.59 Å². The van der Waals surface area contributed by atoms with Crippen LogP contribution in [0.5, 0.6) is 0 Å². The number of benzene rings is 1. The average molecular weight is 335 g/mol. The predicted molar refractivity (Wildman–Crippen MR) is 88.4 cm³/mol. The molecule has 0 aromatic heterocycles. The normalized spacial score (nSPS) is 22.2. The summed E-state index contributed by atoms with van der Waals surface area (Å²) in [7, 11) is 0. The molecular weight excluding hydrogens is 310 g/mol. The fraction of sp³-hybridized carbons (Fsp3) is 0.556. The molecule has 0 spiro atoms. The average Bonchev–Trinajstić information content (AvgIpc) is 2.97. The maximum atomic E-state index is 12.5. The molecule has 1 aromatic rings. The zero-order valence-electron chi connectivity index (χ0n) is 14.3. The Labute approximate surface area is 142 Å². The van der Waals surface area contributed by atoms with Crippen LogP contribution in [0.4, 0.5) is 4.79 Å². The molecule has 0 saturated carbocycles. The zero-order chi connectivity index (χ0) is 17.9. The van der Waals surface area contributed by atoms with Crippen molar-refractivity contribution in [2.24, 2.45) is 5.41 Å². The molecule has 1 aromatic carbocycles. The van der Waals surface area contributed by atoms with Gasteiger partial charge in [0.15, 0.2) is 0 Å². The van der Waals surface area contributed by atoms with E-state index < -0.39 is 35.7 Å². The lowest BCUT2D eigenvalue weighted by Gasteiger charge is -2.36. The molecule has 0 aliphatic carbocycles. The van der Waals surface area contributed by atoms with E-state index in [0.29, 0.717) is 12.8 Å². The number of hydrogen-bond donors (Lipinski definition) is 2. The largest absolute Gasteiger partial charge is 0.480 e. The number of ether oxygens (including phenoxy) is 1. The SMILES string of the molecule is CC(C)(C)[C@@H](O)[C@H]1CC[C@@H](C(=O)O)N1C(=O)OCc1ccccc1. The number of nitrogens with zero attached hydrogens (tertiary/aromatic N) is 1. The van der Waals surface area contributed by atoms with E-state index in [4.69, 9.17) is 4.74 Å². The summed E-state index contributed by atoms with van der Waals surface area (Å²) in [6.45, 7) is 5.65. The standard InChI is InChI=1S/C18H25NO5/c1-18(2,3)15(20)13-9-10-14(16(21)22)19(13)17(23)24-11-12-7-5-4-6-8-12/h4-8,13-15,20H,9-11H2,1-3H3,(H,21,22)/t13-,14+,15+/m1/s1. The summed E-state index contributed by atoms with van der Waals surface area (Å²) in [4.78, 5) is 25.2. The van der Waals surface area contributed by atoms with Gasteiger partial charge in [0.1, 0.15) is 12.6 Å². The third kappa shape index (κ3) is 4.06. The van der Waals surface area contributed by atoms with Crippen molar-refractivity contribution in [3.05, 3.63) is 35.9 Å². The van der Waals surface area contributed by atoms with Crippen LogP contribution >= 0.6 is 0 Å². The third-order valence-electron chi connectivity index (χ3n) is 4.38. The van der Waals surface area contributed by atoms with Crippen molar-refractivity contribution < 1.29 is 24.5 Å². The molecule has 1 amide bonds. The van der Waals surface area contributed by atoms with Crippen molar-refractivity contribution in [2.45, 2.75) is 58.4 Å². The van der Waals surface area contributed by atoms with Crippen molar-refractivity contribution in [1.29, 1.82) is 0 Å². The van der Waals surface area contributed by atoms with Crippen molar-refractivity contribution in [1.82, 2.24) is 4.90 Å². The number of amides is 1. The summed E-state index contributed by atoms with van der Waals surface area (Å²) in [5, 5.41) is 19.9. The first-order valence-electron chi connectivity index (χ1n) is 8.11. The van der Waals surface area contributed by atoms with E-state index in [9.17, 15) is 19.8 Å². The molecule has 6 heteroatoms. The van der Waals surface area contributed by atoms with Gasteiger partial charge in [-0.1, -0.05) is 51.1 Å². The maximum Gasteiger partial charge on any atom is 0.411 e. The summed E-state index contributed by atoms with van der Waals surface area (Å²) in [5.74, 6) is -1.07. The van der Waals surface area contributed by atoms with Crippen LogP contribution < -0.4 is 0 Å². The second-order valence-corrected chi connectivity index (χ2v) is 7.26. The molecular formula is C18H25NO5. The number of carbonyl (C=O) groups is 2. The molecule has 3 atom stereocenters. The van der Waals surface area contributed by atoms with Crippen LogP contribution in [0.15, 0.2) is 30.3 Å². The van der Waals surface area contributed by atoms with Gasteiger partial charge in [-0.2, -0.15) is 0 Å². The van der Waals surface area contributed by atoms with Gasteiger partial charge < -0.3 is 14.9 Å². The summed E-state index contributed by atoms with van der Waals surface area (Å²) in [6, 6.07) is 7.67. The molecule has 1 fully saturated rings. The molecule has 1 heterocycles. The first kappa shape index (κ1) is 18.3. The number of carbonyl (C=O) groups excluding carboxylic acids is 1. The Morgan fingerprint density at radius 1 is 1.25 bits per heavy atom. The number of aliphatic carboxylic acids is 1. The van der Waals surface area contributed by atoms with Crippen molar-refractivity contribution in [2.75, 3.05) is 0 Å². The highest BCUT2D eigenvalue weighted by Crippen LogP contribution is 2.34. The minimum absolute atomic E-state index is 0.0703. The lowest BCUT2D eigenvalue weighted by atomic mass is 9.84. The lowest BCUT2D eigenvalue weighted by molar-refractivity contribution is -0.143. The summed E-state index contributed by atoms with van der Waals surface area (Å²) in [5.41, 5.74) is 0.362. The van der Waals surface area contributed by atoms with Gasteiger partial charge in [0.05, 0.1) is 12.1 Å². The summed E-state index contributed by atoms with van der Waals surface area (Å²) in [6.07, 6.45) is -0.771. The summed E-state index contributed by atoms with van der Waals surface area (Å²) < 4.78 is 5.30. The Balaban J connectivity index is 2.13. The number of hydrogen-bond acceptors (Lipinski definition) is 4. The van der Waals surface area contributed by atoms with Crippen LogP contribution in [0.3, 0.4) is 0 Å². The van der Waals surface area contributed by atoms with Crippen molar-refractivity contribution in [3.63, 3.8) is 0 Å². The molecule has 24 heavy (non-hydrogen) atoms. The smallest absolute Gasteiger partial charge is 0.411 e. The Morgan fingerprint density at radius 2 is 1.88 bits per heavy atom. The van der Waals surface area contributed by atoms with Crippen LogP contribution in [0, 0.1) is 5.41 Å². The molecule has 0 bridgehead atoms. The topological polar surface area (TPSA) is 87.1 Å². The first-order valence-corrected chi connectivity index (χ1v) is 8.11. The molecule has 0 unspecified atom stereocenters. The lowest BCUT2D eigenvalue weighted by Crippen LogP contribution is -2.52. The monoisotopic (exact) mass is 335 g/mol. The van der Waals surface area contributed by atoms with E-state index in [-0.39, 0.29) is 6.61 Å². The number of likely N-dealkylation sites (tertiary alicyclic amines) is 1. The summed E-state index contributed by atoms with van der Waals surface area (Å²) >= 11 is 0. The highest BCUT2D eigenvalue weighted by atomic mass is 16.6. The number of rotatable bonds is 4. The van der Waals surface area contributed by atoms with Crippen LogP contribution in [-0.2, 0) is 16.1 Å². The third-order valence-corrected chi connectivity index (χ3v) is 4.38. The van der Waals surface area contributed by atoms with E-state index in [2.05, 4.69) is 0 Å². The van der Waals surface area contributed by atoms with Crippen LogP contribution in [0.25, 0.3) is 0 Å². The molecule has 2 rings (SSSR count). The molecule has 1 aliphatic heterocycles. The van der Waals surface area contributed by atoms with Gasteiger partial charge in [0.2, 0.25) is 0 Å². The number of carboxylic acid groups (broad SMARTS) is 1. The molecule has 1 aliphatic rings. The van der Waals surface area contributed by atoms with Gasteiger partial charge in [0.25, 0.3) is 0 Å². The fourth-order valence-electron chi connectivity index (χ4n) is 3.02. The predicted octanol–water partition coefficient (Wildman–Crippen LogP) is 2.65. The highest BCUT2D eigenvalue weighted by molar-refractivity contribution is 5.81. The second-order valence-electron chi connectivity index (χ2n) is 7.26. The first-order chi connectivity index (χ1) is 11.2. The van der Waals surface area contributed by atoms with Crippen molar-refractivity contribution in [3.8, 4) is 0 Å². The zero-order valence-corrected chi connectivity index (χ0v) is 14.3. The Hall–Kier alpha value is -2.08. The highest BCUT2D eigenvalue weighted by Gasteiger charge is 2.47. The van der Waals surface area contributed by atoms with E-state index in [1.54, 1.807) is 0 Å². The number of aliphatic hydroxyl groups excluding tert-OH is 1. The van der Waals surface area contributed by atoms with E-state index >= 15 is 0 Å². The molecule has 6 nitrogen and oxygen atoms in total. The van der Waals surface area contributed by atoms with Crippen LogP contribution in [0.2, 0.25) is 0 Å². The Morgan fingerprint density at radius 3 is 2.42 bits per heavy atom. The maximum absolute atomic E-state index is 12.5. The molecule has 2 N–H and O–H groups in total. The minimum atomic E-state index is -1.07. The minimum Gasteiger partial charge on any atom is -0.480 e. The van der Waals surface area contributed by atoms with Crippen LogP contribution in [0.1, 0.15) is 39.2 Å². The number of aliphatic hydroxyl groups is 1. The van der Waals surface area contributed by atoms with Gasteiger partial charge in [-0.15, -0.1) is 0 Å². The molecule has 132 valence electrons. The van der Waals surface area contributed by atoms with E-state index in [0.717, 1.165) is 5.56 Å². The Kier molecular flexibility index (Phi) is 5.49. The molecule has 1 saturated heterocycles. The van der Waals surface area contributed by atoms with E-state index in [1.165, 1.54) is 4.90 Å². The van der Waals surface area contributed by atoms with Gasteiger partial charge in [0, 0.05) is 0 Å². The second kappa shape index (κ2) is 7.21. The number of carboxylic acids is 1. The van der Waals surface area contributed by atoms with Gasteiger partial charge in [-0.05, 0) is 23.8 Å². The van der Waals surface area contributed by atoms with Gasteiger partial charge >= 0.3 is 12.1 Å². The van der Waals surface area contributed by atoms with Crippen molar-refractivity contribution >= 4 is 12.1 Å². The molecule has 0 radical (unpaired) electrons. The van der Waals surface area contributed by atoms with Crippen LogP contribution in [-0.4, -0.2) is 45.4 Å². The Bertz CT molecular complexity index is 581.